The number of ketones is 3. The van der Waals surface area contributed by atoms with Gasteiger partial charge in [-0.2, -0.15) is 0 Å². The summed E-state index contributed by atoms with van der Waals surface area (Å²) in [4.78, 5) is 44.4. The zero-order chi connectivity index (χ0) is 26.1. The lowest BCUT2D eigenvalue weighted by Gasteiger charge is -2.37. The predicted molar refractivity (Wildman–Crippen MR) is 141 cm³/mol. The van der Waals surface area contributed by atoms with Crippen molar-refractivity contribution in [2.45, 2.75) is 24.9 Å². The highest BCUT2D eigenvalue weighted by Gasteiger charge is 2.71. The second kappa shape index (κ2) is 8.32. The van der Waals surface area contributed by atoms with Gasteiger partial charge in [0.05, 0.1) is 26.3 Å². The number of fused-ring (bicyclic) bond motifs is 5. The molecule has 3 aromatic rings. The number of carbonyl (C=O) groups is 3. The SMILES string of the molecule is COc1ccc(OC)c([C@H]2[C@H](C(C)=O)N3c4ccc(Cl)cc4C=C[C@H]3C23C(=O)c2ccccc2C3=O)c1. The van der Waals surface area contributed by atoms with Crippen LogP contribution in [0, 0.1) is 5.41 Å². The Morgan fingerprint density at radius 2 is 1.65 bits per heavy atom. The van der Waals surface area contributed by atoms with Gasteiger partial charge >= 0.3 is 0 Å². The van der Waals surface area contributed by atoms with Crippen molar-refractivity contribution in [3.63, 3.8) is 0 Å². The Bertz CT molecular complexity index is 1490. The van der Waals surface area contributed by atoms with Crippen molar-refractivity contribution in [2.75, 3.05) is 19.1 Å². The molecule has 0 bridgehead atoms. The van der Waals surface area contributed by atoms with Gasteiger partial charge in [-0.3, -0.25) is 14.4 Å². The van der Waals surface area contributed by atoms with Gasteiger partial charge in [0.1, 0.15) is 16.9 Å². The van der Waals surface area contributed by atoms with Gasteiger partial charge in [-0.25, -0.2) is 0 Å². The van der Waals surface area contributed by atoms with Crippen LogP contribution in [0.15, 0.2) is 66.7 Å². The van der Waals surface area contributed by atoms with E-state index >= 15 is 0 Å². The highest BCUT2D eigenvalue weighted by molar-refractivity contribution is 6.32. The van der Waals surface area contributed by atoms with Crippen molar-refractivity contribution in [1.29, 1.82) is 0 Å². The molecule has 0 aromatic heterocycles. The molecule has 6 nitrogen and oxygen atoms in total. The van der Waals surface area contributed by atoms with Crippen LogP contribution in [-0.4, -0.2) is 43.7 Å². The quantitative estimate of drug-likeness (QED) is 0.436. The standard InChI is InChI=1S/C30H24ClNO5/c1-16(33)27-26(22-15-19(36-2)10-12-24(22)37-3)30(28(34)20-6-4-5-7-21(20)29(30)35)25-13-8-17-14-18(31)9-11-23(17)32(25)27/h4-15,25-27H,1-3H3/t25-,26-,27-/m0/s1. The second-order valence-corrected chi connectivity index (χ2v) is 10.1. The predicted octanol–water partition coefficient (Wildman–Crippen LogP) is 5.38. The summed E-state index contributed by atoms with van der Waals surface area (Å²) < 4.78 is 11.2. The molecule has 0 N–H and O–H groups in total. The first-order valence-electron chi connectivity index (χ1n) is 12.0. The molecule has 3 aromatic carbocycles. The average Bonchev–Trinajstić information content (AvgIpc) is 3.34. The number of Topliss-reactive ketones (excluding diaryl/α,β-unsaturated/α-hetero) is 3. The van der Waals surface area contributed by atoms with Gasteiger partial charge in [0.2, 0.25) is 0 Å². The molecule has 1 saturated heterocycles. The maximum Gasteiger partial charge on any atom is 0.180 e. The number of benzene rings is 3. The molecule has 1 spiro atoms. The summed E-state index contributed by atoms with van der Waals surface area (Å²) >= 11 is 6.29. The molecule has 1 aliphatic carbocycles. The van der Waals surface area contributed by atoms with Crippen LogP contribution >= 0.6 is 11.6 Å². The number of methoxy groups -OCH3 is 2. The number of ether oxygens (including phenoxy) is 2. The summed E-state index contributed by atoms with van der Waals surface area (Å²) in [6, 6.07) is 16.1. The number of anilines is 1. The largest absolute Gasteiger partial charge is 0.497 e. The molecule has 186 valence electrons. The molecular formula is C30H24ClNO5. The Morgan fingerprint density at radius 1 is 0.946 bits per heavy atom. The molecule has 0 amide bonds. The van der Waals surface area contributed by atoms with E-state index in [1.54, 1.807) is 55.6 Å². The van der Waals surface area contributed by atoms with Crippen LogP contribution in [0.5, 0.6) is 11.5 Å². The summed E-state index contributed by atoms with van der Waals surface area (Å²) in [5.74, 6) is -0.555. The maximum absolute atomic E-state index is 14.5. The van der Waals surface area contributed by atoms with Gasteiger partial charge in [0.25, 0.3) is 0 Å². The van der Waals surface area contributed by atoms with Crippen molar-refractivity contribution in [3.05, 3.63) is 94.0 Å². The van der Waals surface area contributed by atoms with Crippen molar-refractivity contribution < 1.29 is 23.9 Å². The number of hydrogen-bond acceptors (Lipinski definition) is 6. The molecule has 2 heterocycles. The first kappa shape index (κ1) is 23.5. The number of nitrogens with zero attached hydrogens (tertiary/aromatic N) is 1. The third kappa shape index (κ3) is 3.02. The van der Waals surface area contributed by atoms with Crippen LogP contribution in [0.2, 0.25) is 5.02 Å². The van der Waals surface area contributed by atoms with Crippen molar-refractivity contribution in [3.8, 4) is 11.5 Å². The van der Waals surface area contributed by atoms with Crippen LogP contribution < -0.4 is 14.4 Å². The Kier molecular flexibility index (Phi) is 5.28. The third-order valence-corrected chi connectivity index (χ3v) is 8.19. The maximum atomic E-state index is 14.5. The van der Waals surface area contributed by atoms with Crippen molar-refractivity contribution in [1.82, 2.24) is 0 Å². The summed E-state index contributed by atoms with van der Waals surface area (Å²) in [7, 11) is 3.08. The smallest absolute Gasteiger partial charge is 0.180 e. The van der Waals surface area contributed by atoms with Gasteiger partial charge in [-0.05, 0) is 48.9 Å². The van der Waals surface area contributed by atoms with E-state index in [1.165, 1.54) is 14.0 Å². The van der Waals surface area contributed by atoms with Crippen LogP contribution in [-0.2, 0) is 4.79 Å². The van der Waals surface area contributed by atoms with Crippen LogP contribution in [0.3, 0.4) is 0 Å². The molecule has 3 aliphatic rings. The van der Waals surface area contributed by atoms with E-state index in [-0.39, 0.29) is 17.3 Å². The highest BCUT2D eigenvalue weighted by Crippen LogP contribution is 2.62. The molecule has 7 heteroatoms. The monoisotopic (exact) mass is 513 g/mol. The lowest BCUT2D eigenvalue weighted by molar-refractivity contribution is -0.118. The minimum absolute atomic E-state index is 0.162. The number of rotatable bonds is 4. The second-order valence-electron chi connectivity index (χ2n) is 9.63. The first-order valence-corrected chi connectivity index (χ1v) is 12.4. The van der Waals surface area contributed by atoms with E-state index in [1.807, 2.05) is 29.2 Å². The van der Waals surface area contributed by atoms with Crippen LogP contribution in [0.4, 0.5) is 5.69 Å². The van der Waals surface area contributed by atoms with E-state index in [0.717, 1.165) is 11.3 Å². The van der Waals surface area contributed by atoms with Crippen molar-refractivity contribution >= 4 is 40.7 Å². The molecule has 1 fully saturated rings. The molecule has 6 rings (SSSR count). The van der Waals surface area contributed by atoms with Gasteiger partial charge in [-0.15, -0.1) is 0 Å². The Morgan fingerprint density at radius 3 is 2.27 bits per heavy atom. The highest BCUT2D eigenvalue weighted by atomic mass is 35.5. The van der Waals surface area contributed by atoms with Gasteiger partial charge in [-0.1, -0.05) is 48.0 Å². The normalized spacial score (nSPS) is 22.6. The Hall–Kier alpha value is -3.90. The fourth-order valence-corrected chi connectivity index (χ4v) is 6.71. The first-order chi connectivity index (χ1) is 17.8. The summed E-state index contributed by atoms with van der Waals surface area (Å²) in [6.45, 7) is 1.51. The fraction of sp³-hybridized carbons (Fsp3) is 0.233. The molecule has 0 radical (unpaired) electrons. The van der Waals surface area contributed by atoms with Gasteiger partial charge in [0, 0.05) is 33.3 Å². The lowest BCUT2D eigenvalue weighted by Crippen LogP contribution is -2.48. The van der Waals surface area contributed by atoms with Gasteiger partial charge < -0.3 is 14.4 Å². The molecular weight excluding hydrogens is 490 g/mol. The Labute approximate surface area is 219 Å². The van der Waals surface area contributed by atoms with E-state index in [2.05, 4.69) is 0 Å². The topological polar surface area (TPSA) is 72.9 Å². The van der Waals surface area contributed by atoms with Crippen LogP contribution in [0.1, 0.15) is 44.7 Å². The molecule has 2 aliphatic heterocycles. The number of carbonyl (C=O) groups excluding carboxylic acids is 3. The molecule has 37 heavy (non-hydrogen) atoms. The molecule has 0 unspecified atom stereocenters. The number of hydrogen-bond donors (Lipinski definition) is 0. The average molecular weight is 514 g/mol. The van der Waals surface area contributed by atoms with Gasteiger partial charge in [0.15, 0.2) is 17.3 Å². The summed E-state index contributed by atoms with van der Waals surface area (Å²) in [6.07, 6.45) is 3.75. The minimum Gasteiger partial charge on any atom is -0.497 e. The summed E-state index contributed by atoms with van der Waals surface area (Å²) in [5, 5.41) is 0.557. The van der Waals surface area contributed by atoms with E-state index < -0.39 is 23.4 Å². The zero-order valence-corrected chi connectivity index (χ0v) is 21.3. The lowest BCUT2D eigenvalue weighted by atomic mass is 9.64. The molecule has 0 saturated carbocycles. The molecule has 3 atom stereocenters. The van der Waals surface area contributed by atoms with Crippen LogP contribution in [0.25, 0.3) is 6.08 Å². The summed E-state index contributed by atoms with van der Waals surface area (Å²) in [5.41, 5.74) is 1.32. The van der Waals surface area contributed by atoms with E-state index in [0.29, 0.717) is 33.2 Å². The van der Waals surface area contributed by atoms with Crippen molar-refractivity contribution in [2.24, 2.45) is 5.41 Å². The third-order valence-electron chi connectivity index (χ3n) is 7.95. The van der Waals surface area contributed by atoms with E-state index in [9.17, 15) is 14.4 Å². The van der Waals surface area contributed by atoms with E-state index in [4.69, 9.17) is 21.1 Å². The number of halogens is 1. The minimum atomic E-state index is -1.58. The Balaban J connectivity index is 1.71. The fourth-order valence-electron chi connectivity index (χ4n) is 6.53. The zero-order valence-electron chi connectivity index (χ0n) is 20.5.